The molecule has 5 nitrogen and oxygen atoms in total. The predicted molar refractivity (Wildman–Crippen MR) is 119 cm³/mol. The molecule has 1 saturated heterocycles. The lowest BCUT2D eigenvalue weighted by Gasteiger charge is -2.36. The van der Waals surface area contributed by atoms with Gasteiger partial charge in [0.05, 0.1) is 11.6 Å². The van der Waals surface area contributed by atoms with Gasteiger partial charge in [0, 0.05) is 37.3 Å². The van der Waals surface area contributed by atoms with Gasteiger partial charge in [-0.2, -0.15) is 0 Å². The van der Waals surface area contributed by atoms with Crippen LogP contribution < -0.4 is 10.2 Å². The molecule has 1 aliphatic carbocycles. The molecule has 1 aromatic carbocycles. The Labute approximate surface area is 180 Å². The number of hydrogen-bond donors (Lipinski definition) is 1. The van der Waals surface area contributed by atoms with Crippen LogP contribution in [0, 0.1) is 17.2 Å². The van der Waals surface area contributed by atoms with Crippen LogP contribution in [-0.2, 0) is 9.59 Å². The number of rotatable bonds is 4. The van der Waals surface area contributed by atoms with Crippen molar-refractivity contribution < 1.29 is 14.0 Å². The largest absolute Gasteiger partial charge is 0.369 e. The number of benzene rings is 1. The molecule has 6 heteroatoms. The Balaban J connectivity index is 1.62. The van der Waals surface area contributed by atoms with E-state index in [9.17, 15) is 14.0 Å². The fourth-order valence-electron chi connectivity index (χ4n) is 4.63. The molecule has 1 atom stereocenters. The number of amides is 2. The number of carbonyl (C=O) groups is 2. The third-order valence-corrected chi connectivity index (χ3v) is 6.44. The van der Waals surface area contributed by atoms with E-state index in [1.54, 1.807) is 17.0 Å². The molecular formula is C24H36FN3O2. The summed E-state index contributed by atoms with van der Waals surface area (Å²) in [5.41, 5.74) is 0.596. The van der Waals surface area contributed by atoms with Crippen LogP contribution in [0.3, 0.4) is 0 Å². The summed E-state index contributed by atoms with van der Waals surface area (Å²) in [4.78, 5) is 29.2. The second-order valence-electron chi connectivity index (χ2n) is 9.90. The summed E-state index contributed by atoms with van der Waals surface area (Å²) in [6.07, 6.45) is 7.39. The second kappa shape index (κ2) is 9.36. The van der Waals surface area contributed by atoms with Crippen molar-refractivity contribution in [3.05, 3.63) is 24.0 Å². The highest BCUT2D eigenvalue weighted by Crippen LogP contribution is 2.30. The zero-order valence-electron chi connectivity index (χ0n) is 18.8. The summed E-state index contributed by atoms with van der Waals surface area (Å²) >= 11 is 0. The monoisotopic (exact) mass is 417 g/mol. The quantitative estimate of drug-likeness (QED) is 0.764. The summed E-state index contributed by atoms with van der Waals surface area (Å²) in [6.45, 7) is 6.80. The van der Waals surface area contributed by atoms with Gasteiger partial charge in [-0.3, -0.25) is 9.59 Å². The molecule has 1 aliphatic heterocycles. The first-order chi connectivity index (χ1) is 14.2. The van der Waals surface area contributed by atoms with Crippen LogP contribution in [0.5, 0.6) is 0 Å². The minimum atomic E-state index is -0.457. The number of nitrogens with one attached hydrogen (secondary N) is 1. The third kappa shape index (κ3) is 5.32. The zero-order chi connectivity index (χ0) is 21.9. The van der Waals surface area contributed by atoms with Gasteiger partial charge in [-0.15, -0.1) is 0 Å². The van der Waals surface area contributed by atoms with Crippen molar-refractivity contribution in [1.82, 2.24) is 4.90 Å². The second-order valence-corrected chi connectivity index (χ2v) is 9.90. The highest BCUT2D eigenvalue weighted by Gasteiger charge is 2.33. The summed E-state index contributed by atoms with van der Waals surface area (Å²) < 4.78 is 14.8. The fraction of sp³-hybridized carbons (Fsp3) is 0.667. The summed E-state index contributed by atoms with van der Waals surface area (Å²) in [5, 5.41) is 2.86. The maximum absolute atomic E-state index is 14.8. The van der Waals surface area contributed by atoms with Gasteiger partial charge in [-0.25, -0.2) is 4.39 Å². The van der Waals surface area contributed by atoms with E-state index in [-0.39, 0.29) is 23.5 Å². The van der Waals surface area contributed by atoms with Crippen molar-refractivity contribution in [2.75, 3.05) is 30.4 Å². The Morgan fingerprint density at radius 1 is 1.10 bits per heavy atom. The molecule has 3 rings (SSSR count). The van der Waals surface area contributed by atoms with Crippen molar-refractivity contribution in [3.63, 3.8) is 0 Å². The fourth-order valence-corrected chi connectivity index (χ4v) is 4.63. The van der Waals surface area contributed by atoms with Crippen molar-refractivity contribution in [3.8, 4) is 0 Å². The Hall–Kier alpha value is -2.11. The van der Waals surface area contributed by atoms with Crippen LogP contribution in [0.25, 0.3) is 0 Å². The van der Waals surface area contributed by atoms with Crippen LogP contribution >= 0.6 is 0 Å². The van der Waals surface area contributed by atoms with Crippen LogP contribution in [0.1, 0.15) is 65.7 Å². The van der Waals surface area contributed by atoms with Gasteiger partial charge in [0.25, 0.3) is 0 Å². The molecule has 0 aromatic heterocycles. The van der Waals surface area contributed by atoms with Crippen molar-refractivity contribution in [2.24, 2.45) is 11.3 Å². The van der Waals surface area contributed by atoms with E-state index in [4.69, 9.17) is 0 Å². The first-order valence-corrected chi connectivity index (χ1v) is 11.3. The smallest absolute Gasteiger partial charge is 0.229 e. The molecule has 1 unspecified atom stereocenters. The number of hydrogen-bond acceptors (Lipinski definition) is 3. The molecule has 2 amide bonds. The molecule has 1 aromatic rings. The maximum atomic E-state index is 14.8. The van der Waals surface area contributed by atoms with E-state index >= 15 is 0 Å². The van der Waals surface area contributed by atoms with E-state index < -0.39 is 5.41 Å². The SMILES string of the molecule is CN(c1ccc(NC(=O)C2CCCN(C(=O)C(C)(C)C)C2)cc1F)C1CCCCC1. The first-order valence-electron chi connectivity index (χ1n) is 11.3. The summed E-state index contributed by atoms with van der Waals surface area (Å²) in [7, 11) is 1.95. The zero-order valence-corrected chi connectivity index (χ0v) is 18.8. The minimum absolute atomic E-state index is 0.0705. The molecule has 0 spiro atoms. The molecule has 1 saturated carbocycles. The Kier molecular flexibility index (Phi) is 7.04. The number of halogens is 1. The normalized spacial score (nSPS) is 20.7. The maximum Gasteiger partial charge on any atom is 0.229 e. The van der Waals surface area contributed by atoms with Gasteiger partial charge in [0.1, 0.15) is 5.82 Å². The molecule has 30 heavy (non-hydrogen) atoms. The lowest BCUT2D eigenvalue weighted by molar-refractivity contribution is -0.142. The lowest BCUT2D eigenvalue weighted by Crippen LogP contribution is -2.47. The summed E-state index contributed by atoms with van der Waals surface area (Å²) in [5.74, 6) is -0.651. The molecule has 2 fully saturated rings. The molecule has 166 valence electrons. The first kappa shape index (κ1) is 22.6. The minimum Gasteiger partial charge on any atom is -0.369 e. The third-order valence-electron chi connectivity index (χ3n) is 6.44. The van der Waals surface area contributed by atoms with E-state index in [1.165, 1.54) is 25.3 Å². The van der Waals surface area contributed by atoms with E-state index in [2.05, 4.69) is 5.32 Å². The van der Waals surface area contributed by atoms with Crippen LogP contribution in [0.15, 0.2) is 18.2 Å². The van der Waals surface area contributed by atoms with E-state index in [1.807, 2.05) is 32.7 Å². The highest BCUT2D eigenvalue weighted by atomic mass is 19.1. The highest BCUT2D eigenvalue weighted by molar-refractivity contribution is 5.93. The number of anilines is 2. The van der Waals surface area contributed by atoms with Gasteiger partial charge >= 0.3 is 0 Å². The topological polar surface area (TPSA) is 52.7 Å². The van der Waals surface area contributed by atoms with Crippen LogP contribution in [-0.4, -0.2) is 42.9 Å². The van der Waals surface area contributed by atoms with Gasteiger partial charge in [-0.1, -0.05) is 40.0 Å². The van der Waals surface area contributed by atoms with Crippen LogP contribution in [0.4, 0.5) is 15.8 Å². The van der Waals surface area contributed by atoms with E-state index in [0.717, 1.165) is 25.7 Å². The molecule has 0 bridgehead atoms. The Morgan fingerprint density at radius 3 is 2.43 bits per heavy atom. The van der Waals surface area contributed by atoms with Gasteiger partial charge < -0.3 is 15.1 Å². The molecule has 0 radical (unpaired) electrons. The Bertz CT molecular complexity index is 768. The number of nitrogens with zero attached hydrogens (tertiary/aromatic N) is 2. The molecule has 2 aliphatic rings. The lowest BCUT2D eigenvalue weighted by atomic mass is 9.91. The average molecular weight is 418 g/mol. The standard InChI is InChI=1S/C24H36FN3O2/c1-24(2,3)23(30)28-14-8-9-17(16-28)22(29)26-18-12-13-21(20(25)15-18)27(4)19-10-6-5-7-11-19/h12-13,15,17,19H,5-11,14,16H2,1-4H3,(H,26,29). The van der Waals surface area contributed by atoms with E-state index in [0.29, 0.717) is 30.5 Å². The predicted octanol–water partition coefficient (Wildman–Crippen LogP) is 4.82. The average Bonchev–Trinajstić information content (AvgIpc) is 2.73. The molecular weight excluding hydrogens is 381 g/mol. The number of piperidine rings is 1. The van der Waals surface area contributed by atoms with Crippen molar-refractivity contribution >= 4 is 23.2 Å². The Morgan fingerprint density at radius 2 is 1.80 bits per heavy atom. The number of carbonyl (C=O) groups excluding carboxylic acids is 2. The van der Waals surface area contributed by atoms with Gasteiger partial charge in [0.15, 0.2) is 0 Å². The van der Waals surface area contributed by atoms with Crippen LogP contribution in [0.2, 0.25) is 0 Å². The molecule has 1 heterocycles. The van der Waals surface area contributed by atoms with Crippen molar-refractivity contribution in [1.29, 1.82) is 0 Å². The number of likely N-dealkylation sites (tertiary alicyclic amines) is 1. The van der Waals surface area contributed by atoms with Gasteiger partial charge in [-0.05, 0) is 43.9 Å². The van der Waals surface area contributed by atoms with Crippen molar-refractivity contribution in [2.45, 2.75) is 71.8 Å². The summed E-state index contributed by atoms with van der Waals surface area (Å²) in [6, 6.07) is 5.32. The molecule has 1 N–H and O–H groups in total. The van der Waals surface area contributed by atoms with Gasteiger partial charge in [0.2, 0.25) is 11.8 Å².